The minimum absolute atomic E-state index is 0.0444. The van der Waals surface area contributed by atoms with Gasteiger partial charge in [0.1, 0.15) is 5.82 Å². The van der Waals surface area contributed by atoms with E-state index in [2.05, 4.69) is 15.4 Å². The SMILES string of the molecule is COc1nc(-c2ccc(F)cc2)n(-c2cccc(NC(=O)CC(C)C)c2)n1. The average molecular weight is 368 g/mol. The minimum atomic E-state index is -0.327. The monoisotopic (exact) mass is 368 g/mol. The Hall–Kier alpha value is -3.22. The van der Waals surface area contributed by atoms with Gasteiger partial charge in [0.25, 0.3) is 0 Å². The lowest BCUT2D eigenvalue weighted by Crippen LogP contribution is -2.14. The largest absolute Gasteiger partial charge is 0.466 e. The first-order valence-electron chi connectivity index (χ1n) is 8.63. The third-order valence-corrected chi connectivity index (χ3v) is 3.84. The Bertz CT molecular complexity index is 935. The fourth-order valence-electron chi connectivity index (χ4n) is 2.64. The summed E-state index contributed by atoms with van der Waals surface area (Å²) in [5.74, 6) is 0.416. The highest BCUT2D eigenvalue weighted by Gasteiger charge is 2.15. The van der Waals surface area contributed by atoms with Gasteiger partial charge in [0.15, 0.2) is 5.82 Å². The van der Waals surface area contributed by atoms with Crippen LogP contribution in [0.25, 0.3) is 17.1 Å². The van der Waals surface area contributed by atoms with Crippen LogP contribution in [-0.2, 0) is 4.79 Å². The molecule has 0 aliphatic heterocycles. The van der Waals surface area contributed by atoms with Crippen LogP contribution in [0, 0.1) is 11.7 Å². The van der Waals surface area contributed by atoms with Crippen molar-refractivity contribution in [1.82, 2.24) is 14.8 Å². The van der Waals surface area contributed by atoms with E-state index in [1.165, 1.54) is 19.2 Å². The molecule has 1 heterocycles. The number of ether oxygens (including phenoxy) is 1. The maximum Gasteiger partial charge on any atom is 0.336 e. The van der Waals surface area contributed by atoms with Crippen molar-refractivity contribution in [2.24, 2.45) is 5.92 Å². The number of rotatable bonds is 6. The zero-order chi connectivity index (χ0) is 19.4. The molecule has 0 spiro atoms. The molecule has 0 saturated carbocycles. The second kappa shape index (κ2) is 7.99. The molecule has 2 aromatic carbocycles. The predicted molar refractivity (Wildman–Crippen MR) is 101 cm³/mol. The van der Waals surface area contributed by atoms with Crippen molar-refractivity contribution in [3.05, 3.63) is 54.3 Å². The standard InChI is InChI=1S/C20H21FN4O2/c1-13(2)11-18(26)22-16-5-4-6-17(12-16)25-19(23-20(24-25)27-3)14-7-9-15(21)10-8-14/h4-10,12-13H,11H2,1-3H3,(H,22,26). The lowest BCUT2D eigenvalue weighted by atomic mass is 10.1. The summed E-state index contributed by atoms with van der Waals surface area (Å²) in [5.41, 5.74) is 2.06. The number of nitrogens with zero attached hydrogens (tertiary/aromatic N) is 3. The van der Waals surface area contributed by atoms with E-state index in [-0.39, 0.29) is 23.7 Å². The van der Waals surface area contributed by atoms with Crippen LogP contribution in [0.1, 0.15) is 20.3 Å². The lowest BCUT2D eigenvalue weighted by molar-refractivity contribution is -0.116. The number of benzene rings is 2. The average Bonchev–Trinajstić information content (AvgIpc) is 3.06. The predicted octanol–water partition coefficient (Wildman–Crippen LogP) is 4.07. The van der Waals surface area contributed by atoms with E-state index in [1.807, 2.05) is 32.0 Å². The summed E-state index contributed by atoms with van der Waals surface area (Å²) in [6, 6.07) is 13.5. The Morgan fingerprint density at radius 2 is 1.96 bits per heavy atom. The molecule has 6 nitrogen and oxygen atoms in total. The number of nitrogens with one attached hydrogen (secondary N) is 1. The van der Waals surface area contributed by atoms with Gasteiger partial charge in [-0.15, -0.1) is 5.10 Å². The van der Waals surface area contributed by atoms with Gasteiger partial charge in [-0.2, -0.15) is 4.98 Å². The van der Waals surface area contributed by atoms with E-state index >= 15 is 0 Å². The van der Waals surface area contributed by atoms with Gasteiger partial charge in [0, 0.05) is 17.7 Å². The van der Waals surface area contributed by atoms with Crippen LogP contribution in [-0.4, -0.2) is 27.8 Å². The summed E-state index contributed by atoms with van der Waals surface area (Å²) in [4.78, 5) is 16.4. The molecule has 1 aromatic heterocycles. The summed E-state index contributed by atoms with van der Waals surface area (Å²) in [6.45, 7) is 3.99. The van der Waals surface area contributed by atoms with Gasteiger partial charge in [0.2, 0.25) is 5.91 Å². The van der Waals surface area contributed by atoms with Gasteiger partial charge >= 0.3 is 6.01 Å². The summed E-state index contributed by atoms with van der Waals surface area (Å²) in [5, 5.41) is 7.23. The molecule has 7 heteroatoms. The van der Waals surface area contributed by atoms with Crippen LogP contribution in [0.2, 0.25) is 0 Å². The van der Waals surface area contributed by atoms with Gasteiger partial charge in [0.05, 0.1) is 12.8 Å². The Labute approximate surface area is 157 Å². The third kappa shape index (κ3) is 4.49. The number of anilines is 1. The van der Waals surface area contributed by atoms with Gasteiger partial charge < -0.3 is 10.1 Å². The highest BCUT2D eigenvalue weighted by atomic mass is 19.1. The Balaban J connectivity index is 1.96. The highest BCUT2D eigenvalue weighted by molar-refractivity contribution is 5.91. The van der Waals surface area contributed by atoms with Crippen molar-refractivity contribution in [1.29, 1.82) is 0 Å². The molecule has 0 atom stereocenters. The molecule has 0 aliphatic carbocycles. The minimum Gasteiger partial charge on any atom is -0.466 e. The first kappa shape index (κ1) is 18.6. The molecule has 0 fully saturated rings. The number of hydrogen-bond donors (Lipinski definition) is 1. The van der Waals surface area contributed by atoms with E-state index in [0.717, 1.165) is 0 Å². The smallest absolute Gasteiger partial charge is 0.336 e. The van der Waals surface area contributed by atoms with Gasteiger partial charge in [-0.25, -0.2) is 9.07 Å². The number of amides is 1. The molecule has 1 amide bonds. The van der Waals surface area contributed by atoms with Crippen molar-refractivity contribution >= 4 is 11.6 Å². The Morgan fingerprint density at radius 1 is 1.22 bits per heavy atom. The second-order valence-electron chi connectivity index (χ2n) is 6.54. The second-order valence-corrected chi connectivity index (χ2v) is 6.54. The molecule has 3 rings (SSSR count). The molecule has 0 saturated heterocycles. The van der Waals surface area contributed by atoms with E-state index in [1.54, 1.807) is 22.9 Å². The molecule has 0 unspecified atom stereocenters. The molecular weight excluding hydrogens is 347 g/mol. The first-order chi connectivity index (χ1) is 13.0. The number of methoxy groups -OCH3 is 1. The number of aromatic nitrogens is 3. The summed E-state index contributed by atoms with van der Waals surface area (Å²) in [6.07, 6.45) is 0.447. The van der Waals surface area contributed by atoms with Crippen LogP contribution in [0.5, 0.6) is 6.01 Å². The molecule has 3 aromatic rings. The maximum atomic E-state index is 13.3. The number of halogens is 1. The normalized spacial score (nSPS) is 10.9. The van der Waals surface area contributed by atoms with Crippen molar-refractivity contribution in [2.45, 2.75) is 20.3 Å². The quantitative estimate of drug-likeness (QED) is 0.712. The van der Waals surface area contributed by atoms with E-state index in [4.69, 9.17) is 4.74 Å². The highest BCUT2D eigenvalue weighted by Crippen LogP contribution is 2.25. The number of hydrogen-bond acceptors (Lipinski definition) is 4. The Morgan fingerprint density at radius 3 is 2.63 bits per heavy atom. The van der Waals surface area contributed by atoms with Crippen molar-refractivity contribution in [2.75, 3.05) is 12.4 Å². The van der Waals surface area contributed by atoms with Crippen LogP contribution in [0.15, 0.2) is 48.5 Å². The summed E-state index contributed by atoms with van der Waals surface area (Å²) in [7, 11) is 1.48. The molecule has 140 valence electrons. The first-order valence-corrected chi connectivity index (χ1v) is 8.63. The fraction of sp³-hybridized carbons (Fsp3) is 0.250. The molecule has 0 aliphatic rings. The summed E-state index contributed by atoms with van der Waals surface area (Å²) < 4.78 is 20.0. The number of carbonyl (C=O) groups is 1. The lowest BCUT2D eigenvalue weighted by Gasteiger charge is -2.10. The van der Waals surface area contributed by atoms with E-state index in [0.29, 0.717) is 29.2 Å². The van der Waals surface area contributed by atoms with Gasteiger partial charge in [-0.1, -0.05) is 19.9 Å². The van der Waals surface area contributed by atoms with Crippen LogP contribution in [0.3, 0.4) is 0 Å². The number of carbonyl (C=O) groups excluding carboxylic acids is 1. The van der Waals surface area contributed by atoms with Gasteiger partial charge in [-0.05, 0) is 48.4 Å². The van der Waals surface area contributed by atoms with E-state index < -0.39 is 0 Å². The van der Waals surface area contributed by atoms with Crippen LogP contribution < -0.4 is 10.1 Å². The fourth-order valence-corrected chi connectivity index (χ4v) is 2.64. The molecule has 1 N–H and O–H groups in total. The zero-order valence-corrected chi connectivity index (χ0v) is 15.4. The molecule has 0 bridgehead atoms. The molecule has 27 heavy (non-hydrogen) atoms. The maximum absolute atomic E-state index is 13.3. The topological polar surface area (TPSA) is 69.0 Å². The van der Waals surface area contributed by atoms with E-state index in [9.17, 15) is 9.18 Å². The molecular formula is C20H21FN4O2. The van der Waals surface area contributed by atoms with Crippen molar-refractivity contribution in [3.8, 4) is 23.1 Å². The Kier molecular flexibility index (Phi) is 5.49. The van der Waals surface area contributed by atoms with Crippen LogP contribution >= 0.6 is 0 Å². The van der Waals surface area contributed by atoms with Crippen molar-refractivity contribution in [3.63, 3.8) is 0 Å². The van der Waals surface area contributed by atoms with Crippen LogP contribution in [0.4, 0.5) is 10.1 Å². The summed E-state index contributed by atoms with van der Waals surface area (Å²) >= 11 is 0. The van der Waals surface area contributed by atoms with Gasteiger partial charge in [-0.3, -0.25) is 4.79 Å². The van der Waals surface area contributed by atoms with Crippen molar-refractivity contribution < 1.29 is 13.9 Å². The zero-order valence-electron chi connectivity index (χ0n) is 15.4. The molecule has 0 radical (unpaired) electrons. The third-order valence-electron chi connectivity index (χ3n) is 3.84.